The van der Waals surface area contributed by atoms with E-state index in [1.54, 1.807) is 19.2 Å². The molecule has 138 valence electrons. The summed E-state index contributed by atoms with van der Waals surface area (Å²) in [6, 6.07) is 11.3. The van der Waals surface area contributed by atoms with E-state index < -0.39 is 0 Å². The number of carbonyl (C=O) groups is 1. The minimum absolute atomic E-state index is 0.168. The SMILES string of the molecule is CCOc1ccc(/C=N/OCC(=O)Nc2c(C)cccc2C)cc1OC. The van der Waals surface area contributed by atoms with Crippen molar-refractivity contribution in [2.75, 3.05) is 25.6 Å². The number of oxime groups is 1. The fourth-order valence-electron chi connectivity index (χ4n) is 2.42. The maximum Gasteiger partial charge on any atom is 0.265 e. The first-order valence-corrected chi connectivity index (χ1v) is 8.37. The quantitative estimate of drug-likeness (QED) is 0.578. The number of hydrogen-bond donors (Lipinski definition) is 1. The number of ether oxygens (including phenoxy) is 2. The highest BCUT2D eigenvalue weighted by molar-refractivity contribution is 5.93. The number of methoxy groups -OCH3 is 1. The Bertz CT molecular complexity index is 767. The first-order chi connectivity index (χ1) is 12.5. The third kappa shape index (κ3) is 5.24. The molecule has 0 spiro atoms. The molecule has 0 bridgehead atoms. The molecule has 0 unspecified atom stereocenters. The smallest absolute Gasteiger partial charge is 0.265 e. The lowest BCUT2D eigenvalue weighted by molar-refractivity contribution is -0.120. The molecule has 2 rings (SSSR count). The van der Waals surface area contributed by atoms with Crippen LogP contribution in [0.15, 0.2) is 41.6 Å². The van der Waals surface area contributed by atoms with Crippen molar-refractivity contribution in [1.82, 2.24) is 0 Å². The molecule has 0 aromatic heterocycles. The average molecular weight is 356 g/mol. The van der Waals surface area contributed by atoms with E-state index in [-0.39, 0.29) is 12.5 Å². The Kier molecular flexibility index (Phi) is 7.02. The molecule has 0 aliphatic rings. The van der Waals surface area contributed by atoms with Gasteiger partial charge in [-0.15, -0.1) is 0 Å². The zero-order chi connectivity index (χ0) is 18.9. The summed E-state index contributed by atoms with van der Waals surface area (Å²) in [7, 11) is 1.58. The van der Waals surface area contributed by atoms with E-state index >= 15 is 0 Å². The molecule has 0 fully saturated rings. The van der Waals surface area contributed by atoms with Crippen LogP contribution in [-0.4, -0.2) is 32.4 Å². The number of amides is 1. The lowest BCUT2D eigenvalue weighted by atomic mass is 10.1. The maximum atomic E-state index is 12.0. The van der Waals surface area contributed by atoms with Crippen molar-refractivity contribution >= 4 is 17.8 Å². The zero-order valence-corrected chi connectivity index (χ0v) is 15.5. The normalized spacial score (nSPS) is 10.6. The number of aryl methyl sites for hydroxylation is 2. The second kappa shape index (κ2) is 9.46. The summed E-state index contributed by atoms with van der Waals surface area (Å²) in [6.45, 7) is 6.19. The molecule has 0 saturated carbocycles. The van der Waals surface area contributed by atoms with Crippen molar-refractivity contribution in [2.45, 2.75) is 20.8 Å². The number of nitrogens with one attached hydrogen (secondary N) is 1. The highest BCUT2D eigenvalue weighted by Gasteiger charge is 2.07. The Morgan fingerprint density at radius 1 is 1.15 bits per heavy atom. The summed E-state index contributed by atoms with van der Waals surface area (Å²) < 4.78 is 10.7. The molecular formula is C20H24N2O4. The van der Waals surface area contributed by atoms with Crippen LogP contribution in [0.3, 0.4) is 0 Å². The fraction of sp³-hybridized carbons (Fsp3) is 0.300. The molecule has 0 heterocycles. The molecule has 2 aromatic carbocycles. The van der Waals surface area contributed by atoms with Crippen molar-refractivity contribution in [1.29, 1.82) is 0 Å². The van der Waals surface area contributed by atoms with Crippen molar-refractivity contribution in [3.05, 3.63) is 53.1 Å². The largest absolute Gasteiger partial charge is 0.493 e. The van der Waals surface area contributed by atoms with Gasteiger partial charge in [0.2, 0.25) is 0 Å². The molecule has 6 nitrogen and oxygen atoms in total. The fourth-order valence-corrected chi connectivity index (χ4v) is 2.42. The number of para-hydroxylation sites is 1. The van der Waals surface area contributed by atoms with Crippen LogP contribution >= 0.6 is 0 Å². The Balaban J connectivity index is 1.90. The first-order valence-electron chi connectivity index (χ1n) is 8.37. The Labute approximate surface area is 153 Å². The van der Waals surface area contributed by atoms with Crippen molar-refractivity contribution in [3.8, 4) is 11.5 Å². The van der Waals surface area contributed by atoms with Crippen LogP contribution in [0.1, 0.15) is 23.6 Å². The van der Waals surface area contributed by atoms with Crippen LogP contribution in [0, 0.1) is 13.8 Å². The second-order valence-electron chi connectivity index (χ2n) is 5.67. The number of benzene rings is 2. The van der Waals surface area contributed by atoms with Gasteiger partial charge in [0.05, 0.1) is 19.9 Å². The van der Waals surface area contributed by atoms with Crippen LogP contribution in [0.2, 0.25) is 0 Å². The Hall–Kier alpha value is -3.02. The number of carbonyl (C=O) groups excluding carboxylic acids is 1. The van der Waals surface area contributed by atoms with E-state index in [9.17, 15) is 4.79 Å². The van der Waals surface area contributed by atoms with Gasteiger partial charge in [-0.05, 0) is 50.1 Å². The van der Waals surface area contributed by atoms with Gasteiger partial charge in [-0.3, -0.25) is 4.79 Å². The molecule has 1 N–H and O–H groups in total. The number of hydrogen-bond acceptors (Lipinski definition) is 5. The van der Waals surface area contributed by atoms with Gasteiger partial charge in [0, 0.05) is 11.3 Å². The summed E-state index contributed by atoms with van der Waals surface area (Å²) in [5.41, 5.74) is 3.59. The minimum Gasteiger partial charge on any atom is -0.493 e. The van der Waals surface area contributed by atoms with E-state index in [2.05, 4.69) is 10.5 Å². The Morgan fingerprint density at radius 3 is 2.54 bits per heavy atom. The molecule has 2 aromatic rings. The highest BCUT2D eigenvalue weighted by Crippen LogP contribution is 2.27. The van der Waals surface area contributed by atoms with Crippen LogP contribution in [0.5, 0.6) is 11.5 Å². The monoisotopic (exact) mass is 356 g/mol. The van der Waals surface area contributed by atoms with Gasteiger partial charge < -0.3 is 19.6 Å². The predicted molar refractivity (Wildman–Crippen MR) is 102 cm³/mol. The molecule has 0 radical (unpaired) electrons. The maximum absolute atomic E-state index is 12.0. The number of rotatable bonds is 8. The van der Waals surface area contributed by atoms with Gasteiger partial charge in [-0.1, -0.05) is 23.4 Å². The van der Waals surface area contributed by atoms with Gasteiger partial charge in [-0.2, -0.15) is 0 Å². The summed E-state index contributed by atoms with van der Waals surface area (Å²) in [5.74, 6) is 1.02. The third-order valence-electron chi connectivity index (χ3n) is 3.71. The molecule has 6 heteroatoms. The summed E-state index contributed by atoms with van der Waals surface area (Å²) in [5, 5.41) is 6.68. The lowest BCUT2D eigenvalue weighted by Crippen LogP contribution is -2.18. The molecule has 0 aliphatic carbocycles. The van der Waals surface area contributed by atoms with Crippen molar-refractivity contribution < 1.29 is 19.1 Å². The van der Waals surface area contributed by atoms with E-state index in [0.717, 1.165) is 22.4 Å². The van der Waals surface area contributed by atoms with Gasteiger partial charge in [0.15, 0.2) is 18.1 Å². The highest BCUT2D eigenvalue weighted by atomic mass is 16.6. The van der Waals surface area contributed by atoms with Crippen LogP contribution in [0.4, 0.5) is 5.69 Å². The molecule has 0 saturated heterocycles. The van der Waals surface area contributed by atoms with E-state index in [1.165, 1.54) is 6.21 Å². The third-order valence-corrected chi connectivity index (χ3v) is 3.71. The number of nitrogens with zero attached hydrogens (tertiary/aromatic N) is 1. The van der Waals surface area contributed by atoms with E-state index in [1.807, 2.05) is 45.0 Å². The van der Waals surface area contributed by atoms with Gasteiger partial charge in [0.1, 0.15) is 0 Å². The van der Waals surface area contributed by atoms with Crippen LogP contribution < -0.4 is 14.8 Å². The topological polar surface area (TPSA) is 69.2 Å². The van der Waals surface area contributed by atoms with E-state index in [4.69, 9.17) is 14.3 Å². The standard InChI is InChI=1S/C20H24N2O4/c1-5-25-17-10-9-16(11-18(17)24-4)12-21-26-13-19(23)22-20-14(2)7-6-8-15(20)3/h6-12H,5,13H2,1-4H3,(H,22,23)/b21-12+. The van der Waals surface area contributed by atoms with Crippen LogP contribution in [0.25, 0.3) is 0 Å². The van der Waals surface area contributed by atoms with Crippen molar-refractivity contribution in [3.63, 3.8) is 0 Å². The second-order valence-corrected chi connectivity index (χ2v) is 5.67. The summed E-state index contributed by atoms with van der Waals surface area (Å²) in [4.78, 5) is 17.1. The summed E-state index contributed by atoms with van der Waals surface area (Å²) in [6.07, 6.45) is 1.52. The average Bonchev–Trinajstić information content (AvgIpc) is 2.63. The van der Waals surface area contributed by atoms with E-state index in [0.29, 0.717) is 18.1 Å². The molecule has 0 aliphatic heterocycles. The minimum atomic E-state index is -0.260. The lowest BCUT2D eigenvalue weighted by Gasteiger charge is -2.10. The van der Waals surface area contributed by atoms with Gasteiger partial charge >= 0.3 is 0 Å². The summed E-state index contributed by atoms with van der Waals surface area (Å²) >= 11 is 0. The molecule has 1 amide bonds. The Morgan fingerprint density at radius 2 is 1.88 bits per heavy atom. The predicted octanol–water partition coefficient (Wildman–Crippen LogP) is 3.70. The number of anilines is 1. The molecule has 0 atom stereocenters. The first kappa shape index (κ1) is 19.3. The van der Waals surface area contributed by atoms with Gasteiger partial charge in [0.25, 0.3) is 5.91 Å². The molecular weight excluding hydrogens is 332 g/mol. The van der Waals surface area contributed by atoms with Crippen molar-refractivity contribution in [2.24, 2.45) is 5.16 Å². The van der Waals surface area contributed by atoms with Gasteiger partial charge in [-0.25, -0.2) is 0 Å². The van der Waals surface area contributed by atoms with Crippen LogP contribution in [-0.2, 0) is 9.63 Å². The zero-order valence-electron chi connectivity index (χ0n) is 15.5. The molecule has 26 heavy (non-hydrogen) atoms.